The van der Waals surface area contributed by atoms with Crippen molar-refractivity contribution in [1.29, 1.82) is 0 Å². The molecule has 1 aromatic heterocycles. The lowest BCUT2D eigenvalue weighted by Crippen LogP contribution is -2.29. The zero-order chi connectivity index (χ0) is 20.4. The predicted octanol–water partition coefficient (Wildman–Crippen LogP) is 2.89. The van der Waals surface area contributed by atoms with Crippen LogP contribution in [0.1, 0.15) is 28.1 Å². The standard InChI is InChI=1S/C22H18N2O5/c1-14-7-8-19-16(11-14)18(25)12-20(29-19)22(27)28-13-21(26)24-10-9-17(23-24)15-5-3-2-4-6-15/h2-8,11-12H,9-10,13H2,1H3. The summed E-state index contributed by atoms with van der Waals surface area (Å²) in [5, 5.41) is 5.98. The monoisotopic (exact) mass is 390 g/mol. The second-order valence-electron chi connectivity index (χ2n) is 6.73. The van der Waals surface area contributed by atoms with E-state index in [-0.39, 0.29) is 16.8 Å². The van der Waals surface area contributed by atoms with E-state index in [1.807, 2.05) is 37.3 Å². The Kier molecular flexibility index (Phi) is 4.95. The van der Waals surface area contributed by atoms with E-state index in [4.69, 9.17) is 9.15 Å². The molecule has 0 N–H and O–H groups in total. The van der Waals surface area contributed by atoms with Crippen LogP contribution in [-0.4, -0.2) is 35.7 Å². The first-order valence-corrected chi connectivity index (χ1v) is 9.16. The topological polar surface area (TPSA) is 89.2 Å². The van der Waals surface area contributed by atoms with Gasteiger partial charge in [-0.3, -0.25) is 9.59 Å². The van der Waals surface area contributed by atoms with Gasteiger partial charge in [0.15, 0.2) is 12.0 Å². The quantitative estimate of drug-likeness (QED) is 0.639. The second kappa shape index (κ2) is 7.71. The predicted molar refractivity (Wildman–Crippen MR) is 107 cm³/mol. The highest BCUT2D eigenvalue weighted by Crippen LogP contribution is 2.16. The number of rotatable bonds is 4. The Labute approximate surface area is 166 Å². The number of esters is 1. The van der Waals surface area contributed by atoms with Crippen molar-refractivity contribution in [3.05, 3.63) is 81.7 Å². The summed E-state index contributed by atoms with van der Waals surface area (Å²) in [6.07, 6.45) is 0.628. The highest BCUT2D eigenvalue weighted by Gasteiger charge is 2.23. The van der Waals surface area contributed by atoms with Gasteiger partial charge in [-0.05, 0) is 24.6 Å². The molecule has 0 saturated heterocycles. The fourth-order valence-electron chi connectivity index (χ4n) is 3.11. The molecule has 0 radical (unpaired) electrons. The Morgan fingerprint density at radius 3 is 2.72 bits per heavy atom. The summed E-state index contributed by atoms with van der Waals surface area (Å²) in [5.74, 6) is -1.55. The SMILES string of the molecule is Cc1ccc2oc(C(=O)OCC(=O)N3CCC(c4ccccc4)=N3)cc(=O)c2c1. The van der Waals surface area contributed by atoms with Crippen LogP contribution < -0.4 is 5.43 Å². The third-order valence-corrected chi connectivity index (χ3v) is 4.61. The molecule has 1 amide bonds. The van der Waals surface area contributed by atoms with Gasteiger partial charge in [-0.2, -0.15) is 5.10 Å². The van der Waals surface area contributed by atoms with Gasteiger partial charge in [0, 0.05) is 12.5 Å². The lowest BCUT2D eigenvalue weighted by Gasteiger charge is -2.11. The van der Waals surface area contributed by atoms with E-state index < -0.39 is 18.5 Å². The number of aryl methyl sites for hydroxylation is 1. The molecule has 2 aromatic carbocycles. The number of nitrogens with zero attached hydrogens (tertiary/aromatic N) is 2. The Balaban J connectivity index is 1.43. The molecule has 3 aromatic rings. The first-order chi connectivity index (χ1) is 14.0. The van der Waals surface area contributed by atoms with Gasteiger partial charge in [0.05, 0.1) is 17.6 Å². The molecular formula is C22H18N2O5. The van der Waals surface area contributed by atoms with E-state index in [9.17, 15) is 14.4 Å². The molecule has 7 heteroatoms. The number of carbonyl (C=O) groups excluding carboxylic acids is 2. The Morgan fingerprint density at radius 2 is 1.93 bits per heavy atom. The maximum atomic E-state index is 12.3. The van der Waals surface area contributed by atoms with E-state index >= 15 is 0 Å². The van der Waals surface area contributed by atoms with Crippen molar-refractivity contribution in [1.82, 2.24) is 5.01 Å². The molecule has 1 aliphatic heterocycles. The normalized spacial score (nSPS) is 13.4. The fourth-order valence-corrected chi connectivity index (χ4v) is 3.11. The van der Waals surface area contributed by atoms with Crippen LogP contribution in [0.3, 0.4) is 0 Å². The van der Waals surface area contributed by atoms with Crippen LogP contribution in [0.15, 0.2) is 68.9 Å². The maximum Gasteiger partial charge on any atom is 0.374 e. The summed E-state index contributed by atoms with van der Waals surface area (Å²) in [6.45, 7) is 1.79. The highest BCUT2D eigenvalue weighted by molar-refractivity contribution is 6.02. The Hall–Kier alpha value is -3.74. The first-order valence-electron chi connectivity index (χ1n) is 9.16. The molecule has 4 rings (SSSR count). The van der Waals surface area contributed by atoms with Crippen LogP contribution >= 0.6 is 0 Å². The van der Waals surface area contributed by atoms with E-state index in [1.54, 1.807) is 18.2 Å². The van der Waals surface area contributed by atoms with Crippen molar-refractivity contribution in [2.75, 3.05) is 13.2 Å². The van der Waals surface area contributed by atoms with E-state index in [0.717, 1.165) is 22.9 Å². The molecule has 0 aliphatic carbocycles. The minimum absolute atomic E-state index is 0.242. The van der Waals surface area contributed by atoms with E-state index in [2.05, 4.69) is 5.10 Å². The first kappa shape index (κ1) is 18.6. The summed E-state index contributed by atoms with van der Waals surface area (Å²) < 4.78 is 10.5. The van der Waals surface area contributed by atoms with Gasteiger partial charge in [0.25, 0.3) is 5.91 Å². The minimum atomic E-state index is -0.871. The van der Waals surface area contributed by atoms with Crippen molar-refractivity contribution >= 4 is 28.6 Å². The lowest BCUT2D eigenvalue weighted by molar-refractivity contribution is -0.134. The number of benzene rings is 2. The highest BCUT2D eigenvalue weighted by atomic mass is 16.5. The van der Waals surface area contributed by atoms with Crippen LogP contribution in [0.25, 0.3) is 11.0 Å². The average Bonchev–Trinajstić information content (AvgIpc) is 3.23. The molecule has 0 saturated carbocycles. The molecule has 0 fully saturated rings. The molecule has 146 valence electrons. The Morgan fingerprint density at radius 1 is 1.14 bits per heavy atom. The molecule has 0 spiro atoms. The molecule has 1 aliphatic rings. The van der Waals surface area contributed by atoms with Crippen molar-refractivity contribution in [3.8, 4) is 0 Å². The summed E-state index contributed by atoms with van der Waals surface area (Å²) in [4.78, 5) is 36.8. The third kappa shape index (κ3) is 3.94. The number of carbonyl (C=O) groups is 2. The summed E-state index contributed by atoms with van der Waals surface area (Å²) in [7, 11) is 0. The van der Waals surface area contributed by atoms with Crippen LogP contribution in [-0.2, 0) is 9.53 Å². The zero-order valence-electron chi connectivity index (χ0n) is 15.8. The summed E-state index contributed by atoms with van der Waals surface area (Å²) in [6, 6.07) is 15.7. The van der Waals surface area contributed by atoms with Crippen molar-refractivity contribution in [2.24, 2.45) is 5.10 Å². The molecule has 0 atom stereocenters. The second-order valence-corrected chi connectivity index (χ2v) is 6.73. The van der Waals surface area contributed by atoms with Gasteiger partial charge in [-0.1, -0.05) is 42.0 Å². The average molecular weight is 390 g/mol. The number of fused-ring (bicyclic) bond motifs is 1. The van der Waals surface area contributed by atoms with Crippen molar-refractivity contribution in [2.45, 2.75) is 13.3 Å². The van der Waals surface area contributed by atoms with Crippen molar-refractivity contribution in [3.63, 3.8) is 0 Å². The Bertz CT molecular complexity index is 1180. The summed E-state index contributed by atoms with van der Waals surface area (Å²) >= 11 is 0. The fraction of sp³-hybridized carbons (Fsp3) is 0.182. The number of ether oxygens (including phenoxy) is 1. The van der Waals surface area contributed by atoms with Gasteiger partial charge >= 0.3 is 5.97 Å². The molecular weight excluding hydrogens is 372 g/mol. The maximum absolute atomic E-state index is 12.3. The van der Waals surface area contributed by atoms with Crippen LogP contribution in [0, 0.1) is 6.92 Å². The van der Waals surface area contributed by atoms with Gasteiger partial charge < -0.3 is 9.15 Å². The molecule has 29 heavy (non-hydrogen) atoms. The number of hydrogen-bond donors (Lipinski definition) is 0. The van der Waals surface area contributed by atoms with Crippen LogP contribution in [0.4, 0.5) is 0 Å². The number of hydrazone groups is 1. The van der Waals surface area contributed by atoms with Gasteiger partial charge in [-0.25, -0.2) is 9.80 Å². The lowest BCUT2D eigenvalue weighted by atomic mass is 10.1. The smallest absolute Gasteiger partial charge is 0.374 e. The number of amides is 1. The van der Waals surface area contributed by atoms with Crippen molar-refractivity contribution < 1.29 is 18.7 Å². The van der Waals surface area contributed by atoms with Gasteiger partial charge in [-0.15, -0.1) is 0 Å². The molecule has 7 nitrogen and oxygen atoms in total. The zero-order valence-corrected chi connectivity index (χ0v) is 15.8. The van der Waals surface area contributed by atoms with Crippen LogP contribution in [0.5, 0.6) is 0 Å². The minimum Gasteiger partial charge on any atom is -0.450 e. The van der Waals surface area contributed by atoms with Gasteiger partial charge in [0.1, 0.15) is 5.58 Å². The summed E-state index contributed by atoms with van der Waals surface area (Å²) in [5.41, 5.74) is 2.61. The van der Waals surface area contributed by atoms with Gasteiger partial charge in [0.2, 0.25) is 5.76 Å². The van der Waals surface area contributed by atoms with Crippen LogP contribution in [0.2, 0.25) is 0 Å². The molecule has 2 heterocycles. The third-order valence-electron chi connectivity index (χ3n) is 4.61. The largest absolute Gasteiger partial charge is 0.450 e. The number of hydrogen-bond acceptors (Lipinski definition) is 6. The molecule has 0 unspecified atom stereocenters. The van der Waals surface area contributed by atoms with E-state index in [1.165, 1.54) is 5.01 Å². The molecule has 0 bridgehead atoms. The van der Waals surface area contributed by atoms with E-state index in [0.29, 0.717) is 18.4 Å².